The van der Waals surface area contributed by atoms with Crippen LogP contribution in [0.3, 0.4) is 0 Å². The minimum Gasteiger partial charge on any atom is -0.486 e. The zero-order valence-electron chi connectivity index (χ0n) is 15.5. The molecule has 2 heterocycles. The van der Waals surface area contributed by atoms with E-state index in [9.17, 15) is 4.79 Å². The molecule has 27 heavy (non-hydrogen) atoms. The highest BCUT2D eigenvalue weighted by molar-refractivity contribution is 8.01. The van der Waals surface area contributed by atoms with Crippen molar-refractivity contribution in [2.75, 3.05) is 25.5 Å². The Labute approximate surface area is 167 Å². The van der Waals surface area contributed by atoms with Crippen LogP contribution < -0.4 is 14.8 Å². The quantitative estimate of drug-likeness (QED) is 0.739. The van der Waals surface area contributed by atoms with Gasteiger partial charge in [-0.2, -0.15) is 0 Å². The largest absolute Gasteiger partial charge is 0.486 e. The van der Waals surface area contributed by atoms with E-state index in [1.54, 1.807) is 11.3 Å². The minimum absolute atomic E-state index is 0.00602. The monoisotopic (exact) mass is 404 g/mol. The predicted octanol–water partition coefficient (Wildman–Crippen LogP) is 3.94. The van der Waals surface area contributed by atoms with Gasteiger partial charge in [0.25, 0.3) is 0 Å². The van der Waals surface area contributed by atoms with E-state index in [2.05, 4.69) is 22.4 Å². The van der Waals surface area contributed by atoms with Crippen molar-refractivity contribution in [2.24, 2.45) is 0 Å². The number of ether oxygens (including phenoxy) is 2. The zero-order valence-corrected chi connectivity index (χ0v) is 17.1. The Kier molecular flexibility index (Phi) is 5.59. The van der Waals surface area contributed by atoms with Crippen LogP contribution in [0.4, 0.5) is 0 Å². The maximum absolute atomic E-state index is 12.4. The van der Waals surface area contributed by atoms with Crippen LogP contribution in [0.5, 0.6) is 11.5 Å². The van der Waals surface area contributed by atoms with E-state index in [1.807, 2.05) is 18.4 Å². The van der Waals surface area contributed by atoms with E-state index in [1.165, 1.54) is 30.2 Å². The fourth-order valence-electron chi connectivity index (χ4n) is 3.84. The molecule has 144 valence electrons. The Hall–Kier alpha value is -1.73. The summed E-state index contributed by atoms with van der Waals surface area (Å²) in [6.07, 6.45) is 4.56. The van der Waals surface area contributed by atoms with Gasteiger partial charge in [0.1, 0.15) is 13.2 Å². The van der Waals surface area contributed by atoms with Crippen molar-refractivity contribution in [2.45, 2.75) is 42.4 Å². The zero-order chi connectivity index (χ0) is 18.7. The Morgan fingerprint density at radius 3 is 2.78 bits per heavy atom. The van der Waals surface area contributed by atoms with Crippen molar-refractivity contribution in [3.8, 4) is 11.5 Å². The molecule has 7 heteroatoms. The second-order valence-electron chi connectivity index (χ2n) is 7.17. The Bertz CT molecular complexity index is 815. The van der Waals surface area contributed by atoms with Crippen LogP contribution in [0.1, 0.15) is 36.9 Å². The molecule has 1 aromatic heterocycles. The lowest BCUT2D eigenvalue weighted by Crippen LogP contribution is -2.39. The number of carbonyl (C=O) groups excluding carboxylic acids is 1. The number of thioether (sulfide) groups is 1. The molecule has 1 aromatic carbocycles. The summed E-state index contributed by atoms with van der Waals surface area (Å²) >= 11 is 3.09. The molecule has 2 aliphatic rings. The molecule has 1 amide bonds. The van der Waals surface area contributed by atoms with Gasteiger partial charge < -0.3 is 14.8 Å². The van der Waals surface area contributed by atoms with Crippen LogP contribution in [0.15, 0.2) is 27.9 Å². The normalized spacial score (nSPS) is 17.7. The maximum Gasteiger partial charge on any atom is 0.230 e. The highest BCUT2D eigenvalue weighted by Gasteiger charge is 2.36. The van der Waals surface area contributed by atoms with Gasteiger partial charge in [0.2, 0.25) is 5.91 Å². The predicted molar refractivity (Wildman–Crippen MR) is 108 cm³/mol. The van der Waals surface area contributed by atoms with E-state index >= 15 is 0 Å². The van der Waals surface area contributed by atoms with E-state index in [4.69, 9.17) is 9.47 Å². The van der Waals surface area contributed by atoms with E-state index in [0.717, 1.165) is 34.4 Å². The number of hydrogen-bond donors (Lipinski definition) is 1. The van der Waals surface area contributed by atoms with E-state index in [0.29, 0.717) is 25.5 Å². The molecule has 0 bridgehead atoms. The summed E-state index contributed by atoms with van der Waals surface area (Å²) in [5.74, 6) is 2.12. The molecule has 1 saturated carbocycles. The number of amides is 1. The summed E-state index contributed by atoms with van der Waals surface area (Å²) in [6.45, 7) is 3.83. The first-order valence-corrected chi connectivity index (χ1v) is 11.2. The van der Waals surface area contributed by atoms with Crippen LogP contribution in [0.2, 0.25) is 0 Å². The SMILES string of the molecule is Cc1csc(SCC(=O)NCC2(c3ccc4c(c3)OCCO4)CCCC2)n1. The van der Waals surface area contributed by atoms with Crippen LogP contribution in [-0.2, 0) is 10.2 Å². The van der Waals surface area contributed by atoms with Crippen molar-refractivity contribution < 1.29 is 14.3 Å². The second kappa shape index (κ2) is 8.10. The highest BCUT2D eigenvalue weighted by Crippen LogP contribution is 2.43. The van der Waals surface area contributed by atoms with Gasteiger partial charge in [-0.3, -0.25) is 4.79 Å². The molecule has 1 aliphatic carbocycles. The van der Waals surface area contributed by atoms with Crippen LogP contribution in [-0.4, -0.2) is 36.4 Å². The standard InChI is InChI=1S/C20H24N2O3S2/c1-14-11-26-19(22-14)27-12-18(23)21-13-20(6-2-3-7-20)15-4-5-16-17(10-15)25-9-8-24-16/h4-5,10-11H,2-3,6-9,12-13H2,1H3,(H,21,23). The van der Waals surface area contributed by atoms with Gasteiger partial charge in [0.05, 0.1) is 5.75 Å². The fourth-order valence-corrected chi connectivity index (χ4v) is 5.52. The van der Waals surface area contributed by atoms with E-state index in [-0.39, 0.29) is 11.3 Å². The molecule has 2 aromatic rings. The van der Waals surface area contributed by atoms with E-state index < -0.39 is 0 Å². The fraction of sp³-hybridized carbons (Fsp3) is 0.500. The number of fused-ring (bicyclic) bond motifs is 1. The molecule has 0 atom stereocenters. The third-order valence-corrected chi connectivity index (χ3v) is 7.40. The summed E-state index contributed by atoms with van der Waals surface area (Å²) in [4.78, 5) is 16.8. The average molecular weight is 405 g/mol. The summed E-state index contributed by atoms with van der Waals surface area (Å²) in [6, 6.07) is 6.25. The van der Waals surface area contributed by atoms with Crippen molar-refractivity contribution in [3.63, 3.8) is 0 Å². The summed E-state index contributed by atoms with van der Waals surface area (Å²) in [7, 11) is 0. The minimum atomic E-state index is -0.00602. The first kappa shape index (κ1) is 18.6. The molecule has 1 aliphatic heterocycles. The van der Waals surface area contributed by atoms with Crippen LogP contribution in [0.25, 0.3) is 0 Å². The number of nitrogens with zero attached hydrogens (tertiary/aromatic N) is 1. The first-order valence-electron chi connectivity index (χ1n) is 9.36. The van der Waals surface area contributed by atoms with Crippen molar-refractivity contribution in [3.05, 3.63) is 34.8 Å². The molecule has 0 radical (unpaired) electrons. The second-order valence-corrected chi connectivity index (χ2v) is 9.25. The Balaban J connectivity index is 1.40. The van der Waals surface area contributed by atoms with Gasteiger partial charge in [0, 0.05) is 23.0 Å². The average Bonchev–Trinajstić information content (AvgIpc) is 3.34. The molecule has 0 spiro atoms. The van der Waals surface area contributed by atoms with Crippen LogP contribution >= 0.6 is 23.1 Å². The number of rotatable bonds is 6. The molecule has 4 rings (SSSR count). The van der Waals surface area contributed by atoms with Gasteiger partial charge in [-0.15, -0.1) is 11.3 Å². The number of aryl methyl sites for hydroxylation is 1. The van der Waals surface area contributed by atoms with Crippen LogP contribution in [0, 0.1) is 6.92 Å². The molecule has 1 N–H and O–H groups in total. The number of nitrogens with one attached hydrogen (secondary N) is 1. The molecule has 5 nitrogen and oxygen atoms in total. The van der Waals surface area contributed by atoms with Crippen molar-refractivity contribution in [1.82, 2.24) is 10.3 Å². The molecule has 1 fully saturated rings. The molecule has 0 unspecified atom stereocenters. The summed E-state index contributed by atoms with van der Waals surface area (Å²) in [5, 5.41) is 5.18. The number of carbonyl (C=O) groups is 1. The maximum atomic E-state index is 12.4. The lowest BCUT2D eigenvalue weighted by Gasteiger charge is -2.31. The van der Waals surface area contributed by atoms with Crippen molar-refractivity contribution in [1.29, 1.82) is 0 Å². The van der Waals surface area contributed by atoms with Gasteiger partial charge in [-0.1, -0.05) is 30.7 Å². The summed E-state index contributed by atoms with van der Waals surface area (Å²) in [5.41, 5.74) is 2.24. The third-order valence-electron chi connectivity index (χ3n) is 5.26. The number of thiazole rings is 1. The topological polar surface area (TPSA) is 60.5 Å². The smallest absolute Gasteiger partial charge is 0.230 e. The Morgan fingerprint density at radius 2 is 2.04 bits per heavy atom. The van der Waals surface area contributed by atoms with Gasteiger partial charge >= 0.3 is 0 Å². The molecule has 0 saturated heterocycles. The van der Waals surface area contributed by atoms with Crippen molar-refractivity contribution >= 4 is 29.0 Å². The van der Waals surface area contributed by atoms with Gasteiger partial charge in [-0.05, 0) is 37.5 Å². The molecular weight excluding hydrogens is 380 g/mol. The molecular formula is C20H24N2O3S2. The number of aromatic nitrogens is 1. The highest BCUT2D eigenvalue weighted by atomic mass is 32.2. The lowest BCUT2D eigenvalue weighted by atomic mass is 9.78. The van der Waals surface area contributed by atoms with Gasteiger partial charge in [0.15, 0.2) is 15.8 Å². The summed E-state index contributed by atoms with van der Waals surface area (Å²) < 4.78 is 12.4. The lowest BCUT2D eigenvalue weighted by molar-refractivity contribution is -0.118. The van der Waals surface area contributed by atoms with Gasteiger partial charge in [-0.25, -0.2) is 4.98 Å². The number of benzene rings is 1. The third kappa shape index (κ3) is 4.24. The Morgan fingerprint density at radius 1 is 1.26 bits per heavy atom. The first-order chi connectivity index (χ1) is 13.1. The number of hydrogen-bond acceptors (Lipinski definition) is 6.